The molecule has 0 saturated carbocycles. The molecule has 3 nitrogen and oxygen atoms in total. The van der Waals surface area contributed by atoms with Gasteiger partial charge in [-0.2, -0.15) is 0 Å². The van der Waals surface area contributed by atoms with Crippen LogP contribution in [0.15, 0.2) is 34.0 Å². The molecule has 2 aromatic rings. The van der Waals surface area contributed by atoms with Gasteiger partial charge in [-0.15, -0.1) is 11.8 Å². The molecule has 0 aliphatic heterocycles. The Morgan fingerprint density at radius 1 is 1.35 bits per heavy atom. The summed E-state index contributed by atoms with van der Waals surface area (Å²) in [6.45, 7) is 5.12. The zero-order valence-electron chi connectivity index (χ0n) is 10.3. The normalized spacial score (nSPS) is 10.9. The Hall–Kier alpha value is -1.16. The molecule has 4 heteroatoms. The molecule has 0 aromatic carbocycles. The van der Waals surface area contributed by atoms with Gasteiger partial charge in [0.15, 0.2) is 0 Å². The molecule has 17 heavy (non-hydrogen) atoms. The van der Waals surface area contributed by atoms with E-state index < -0.39 is 0 Å². The summed E-state index contributed by atoms with van der Waals surface area (Å²) in [5.41, 5.74) is 0. The van der Waals surface area contributed by atoms with Gasteiger partial charge in [-0.3, -0.25) is 0 Å². The predicted octanol–water partition coefficient (Wildman–Crippen LogP) is 3.67. The number of aromatic nitrogens is 2. The fraction of sp³-hybridized carbons (Fsp3) is 0.462. The molecule has 0 amide bonds. The van der Waals surface area contributed by atoms with Gasteiger partial charge in [-0.25, -0.2) is 4.98 Å². The third-order valence-corrected chi connectivity index (χ3v) is 4.01. The van der Waals surface area contributed by atoms with Gasteiger partial charge in [0.2, 0.25) is 0 Å². The molecule has 0 aliphatic rings. The highest BCUT2D eigenvalue weighted by molar-refractivity contribution is 7.99. The quantitative estimate of drug-likeness (QED) is 0.579. The van der Waals surface area contributed by atoms with Crippen molar-refractivity contribution in [1.82, 2.24) is 9.55 Å². The van der Waals surface area contributed by atoms with Crippen molar-refractivity contribution in [3.63, 3.8) is 0 Å². The molecule has 0 saturated heterocycles. The van der Waals surface area contributed by atoms with Gasteiger partial charge in [0, 0.05) is 23.8 Å². The van der Waals surface area contributed by atoms with E-state index in [1.165, 1.54) is 17.7 Å². The van der Waals surface area contributed by atoms with Gasteiger partial charge in [-0.05, 0) is 38.5 Å². The minimum Gasteiger partial charge on any atom is -0.468 e. The van der Waals surface area contributed by atoms with Crippen LogP contribution in [0.5, 0.6) is 0 Å². The van der Waals surface area contributed by atoms with Gasteiger partial charge in [-0.1, -0.05) is 0 Å². The lowest BCUT2D eigenvalue weighted by Gasteiger charge is -2.04. The third-order valence-electron chi connectivity index (χ3n) is 2.79. The highest BCUT2D eigenvalue weighted by Crippen LogP contribution is 2.23. The summed E-state index contributed by atoms with van der Waals surface area (Å²) in [6, 6.07) is 2.04. The van der Waals surface area contributed by atoms with Gasteiger partial charge in [0.25, 0.3) is 0 Å². The second-order valence-electron chi connectivity index (χ2n) is 4.06. The van der Waals surface area contributed by atoms with Crippen LogP contribution >= 0.6 is 11.8 Å². The molecule has 2 rings (SSSR count). The number of imidazole rings is 1. The van der Waals surface area contributed by atoms with Crippen LogP contribution < -0.4 is 0 Å². The number of furan rings is 1. The predicted molar refractivity (Wildman–Crippen MR) is 70.4 cm³/mol. The van der Waals surface area contributed by atoms with Crippen molar-refractivity contribution in [2.24, 2.45) is 0 Å². The summed E-state index contributed by atoms with van der Waals surface area (Å²) in [5, 5.41) is 0. The van der Waals surface area contributed by atoms with Crippen molar-refractivity contribution < 1.29 is 4.42 Å². The first-order valence-electron chi connectivity index (χ1n) is 5.92. The van der Waals surface area contributed by atoms with Crippen LogP contribution in [0.1, 0.15) is 24.4 Å². The molecule has 2 heterocycles. The van der Waals surface area contributed by atoms with Crippen LogP contribution in [0.2, 0.25) is 0 Å². The number of rotatable bonds is 6. The van der Waals surface area contributed by atoms with E-state index in [1.807, 2.05) is 44.1 Å². The SMILES string of the molecule is Cc1occc1SCCCCn1ccnc1C. The van der Waals surface area contributed by atoms with E-state index in [-0.39, 0.29) is 0 Å². The van der Waals surface area contributed by atoms with Crippen LogP contribution in [0.3, 0.4) is 0 Å². The van der Waals surface area contributed by atoms with Gasteiger partial charge < -0.3 is 8.98 Å². The summed E-state index contributed by atoms with van der Waals surface area (Å²) in [7, 11) is 0. The minimum atomic E-state index is 1.03. The standard InChI is InChI=1S/C13H18N2OS/c1-11-13(5-9-16-11)17-10-4-3-7-15-8-6-14-12(15)2/h5-6,8-9H,3-4,7,10H2,1-2H3. The molecular formula is C13H18N2OS. The average Bonchev–Trinajstić information content (AvgIpc) is 2.89. The first-order chi connectivity index (χ1) is 8.27. The summed E-state index contributed by atoms with van der Waals surface area (Å²) in [4.78, 5) is 5.48. The van der Waals surface area contributed by atoms with Crippen LogP contribution in [0, 0.1) is 13.8 Å². The zero-order chi connectivity index (χ0) is 12.1. The number of hydrogen-bond acceptors (Lipinski definition) is 3. The average molecular weight is 250 g/mol. The van der Waals surface area contributed by atoms with Crippen LogP contribution in [0.25, 0.3) is 0 Å². The number of unbranched alkanes of at least 4 members (excludes halogenated alkanes) is 1. The third kappa shape index (κ3) is 3.40. The highest BCUT2D eigenvalue weighted by atomic mass is 32.2. The Bertz CT molecular complexity index is 419. The topological polar surface area (TPSA) is 31.0 Å². The lowest BCUT2D eigenvalue weighted by molar-refractivity contribution is 0.527. The molecule has 0 spiro atoms. The largest absolute Gasteiger partial charge is 0.468 e. The van der Waals surface area contributed by atoms with E-state index in [0.717, 1.165) is 23.9 Å². The molecule has 0 N–H and O–H groups in total. The highest BCUT2D eigenvalue weighted by Gasteiger charge is 2.01. The lowest BCUT2D eigenvalue weighted by atomic mass is 10.3. The van der Waals surface area contributed by atoms with Crippen LogP contribution in [-0.4, -0.2) is 15.3 Å². The van der Waals surface area contributed by atoms with Gasteiger partial charge in [0.1, 0.15) is 11.6 Å². The molecule has 92 valence electrons. The number of thioether (sulfide) groups is 1. The van der Waals surface area contributed by atoms with Crippen LogP contribution in [-0.2, 0) is 6.54 Å². The molecule has 2 aromatic heterocycles. The minimum absolute atomic E-state index is 1.03. The smallest absolute Gasteiger partial charge is 0.114 e. The van der Waals surface area contributed by atoms with E-state index in [1.54, 1.807) is 6.26 Å². The van der Waals surface area contributed by atoms with Crippen molar-refractivity contribution in [3.05, 3.63) is 36.3 Å². The maximum absolute atomic E-state index is 5.26. The summed E-state index contributed by atoms with van der Waals surface area (Å²) in [5.74, 6) is 3.28. The Morgan fingerprint density at radius 2 is 2.24 bits per heavy atom. The molecule has 0 radical (unpaired) electrons. The maximum atomic E-state index is 5.26. The van der Waals surface area contributed by atoms with Gasteiger partial charge >= 0.3 is 0 Å². The molecule has 0 bridgehead atoms. The summed E-state index contributed by atoms with van der Waals surface area (Å²) in [6.07, 6.45) is 8.07. The second-order valence-corrected chi connectivity index (χ2v) is 5.20. The fourth-order valence-electron chi connectivity index (χ4n) is 1.73. The summed E-state index contributed by atoms with van der Waals surface area (Å²) < 4.78 is 7.47. The van der Waals surface area contributed by atoms with Crippen molar-refractivity contribution in [2.45, 2.75) is 38.1 Å². The van der Waals surface area contributed by atoms with Crippen molar-refractivity contribution in [1.29, 1.82) is 0 Å². The van der Waals surface area contributed by atoms with Gasteiger partial charge in [0.05, 0.1) is 6.26 Å². The Labute approximate surface area is 106 Å². The molecule has 0 aliphatic carbocycles. The van der Waals surface area contributed by atoms with E-state index in [9.17, 15) is 0 Å². The van der Waals surface area contributed by atoms with E-state index in [0.29, 0.717) is 0 Å². The van der Waals surface area contributed by atoms with E-state index in [2.05, 4.69) is 9.55 Å². The molecule has 0 atom stereocenters. The molecular weight excluding hydrogens is 232 g/mol. The zero-order valence-corrected chi connectivity index (χ0v) is 11.2. The first-order valence-corrected chi connectivity index (χ1v) is 6.90. The van der Waals surface area contributed by atoms with Crippen molar-refractivity contribution >= 4 is 11.8 Å². The second kappa shape index (κ2) is 5.96. The number of hydrogen-bond donors (Lipinski definition) is 0. The van der Waals surface area contributed by atoms with Crippen LogP contribution in [0.4, 0.5) is 0 Å². The van der Waals surface area contributed by atoms with Crippen molar-refractivity contribution in [2.75, 3.05) is 5.75 Å². The Kier molecular flexibility index (Phi) is 4.31. The lowest BCUT2D eigenvalue weighted by Crippen LogP contribution is -1.99. The number of nitrogens with zero attached hydrogens (tertiary/aromatic N) is 2. The fourth-order valence-corrected chi connectivity index (χ4v) is 2.70. The van der Waals surface area contributed by atoms with E-state index in [4.69, 9.17) is 4.42 Å². The Balaban J connectivity index is 1.64. The Morgan fingerprint density at radius 3 is 2.88 bits per heavy atom. The first kappa shape index (κ1) is 12.3. The maximum Gasteiger partial charge on any atom is 0.114 e. The molecule has 0 fully saturated rings. The number of aryl methyl sites for hydroxylation is 3. The summed E-state index contributed by atoms with van der Waals surface area (Å²) >= 11 is 1.88. The van der Waals surface area contributed by atoms with Crippen molar-refractivity contribution in [3.8, 4) is 0 Å². The van der Waals surface area contributed by atoms with E-state index >= 15 is 0 Å². The molecule has 0 unspecified atom stereocenters. The monoisotopic (exact) mass is 250 g/mol.